The van der Waals surface area contributed by atoms with Crippen molar-refractivity contribution in [3.63, 3.8) is 0 Å². The van der Waals surface area contributed by atoms with Crippen LogP contribution in [0.5, 0.6) is 0 Å². The summed E-state index contributed by atoms with van der Waals surface area (Å²) in [5.41, 5.74) is -1.28. The Balaban J connectivity index is 4.72. The second-order valence-corrected chi connectivity index (χ2v) is 6.10. The molecule has 0 aromatic heterocycles. The lowest BCUT2D eigenvalue weighted by molar-refractivity contribution is 0.0560. The van der Waals surface area contributed by atoms with Crippen LogP contribution < -0.4 is 10.6 Å². The summed E-state index contributed by atoms with van der Waals surface area (Å²) < 4.78 is 10.1. The molecule has 2 N–H and O–H groups in total. The number of nitrogens with zero attached hydrogens (tertiary/aromatic N) is 1. The first-order chi connectivity index (χ1) is 8.93. The molecule has 0 saturated heterocycles. The highest BCUT2D eigenvalue weighted by atomic mass is 16.6. The smallest absolute Gasteiger partial charge is 0.437 e. The van der Waals surface area contributed by atoms with E-state index in [1.807, 2.05) is 0 Å². The quantitative estimate of drug-likeness (QED) is 0.571. The number of hydrogen-bond acceptors (Lipinski definition) is 4. The van der Waals surface area contributed by atoms with Crippen molar-refractivity contribution < 1.29 is 19.1 Å². The van der Waals surface area contributed by atoms with Gasteiger partial charge in [-0.3, -0.25) is 5.32 Å². The molecule has 0 atom stereocenters. The fraction of sp³-hybridized carbons (Fsp3) is 0.769. The molecule has 0 rings (SSSR count). The standard InChI is InChI=1S/C13H25N3O4/c1-8-14-9(15-10(17)19-12(2,3)4)16-11(18)20-13(5,6)7/h8H2,1-7H3,(H2,14,15,16,17,18). The molecule has 7 nitrogen and oxygen atoms in total. The van der Waals surface area contributed by atoms with E-state index in [0.717, 1.165) is 0 Å². The maximum atomic E-state index is 11.6. The van der Waals surface area contributed by atoms with Crippen LogP contribution in [0.2, 0.25) is 0 Å². The molecule has 0 heterocycles. The van der Waals surface area contributed by atoms with Gasteiger partial charge < -0.3 is 14.8 Å². The van der Waals surface area contributed by atoms with Crippen LogP contribution in [0.25, 0.3) is 0 Å². The third-order valence-corrected chi connectivity index (χ3v) is 1.56. The summed E-state index contributed by atoms with van der Waals surface area (Å²) in [6, 6.07) is 0. The summed E-state index contributed by atoms with van der Waals surface area (Å²) in [6.07, 6.45) is -1.48. The average Bonchev–Trinajstić information content (AvgIpc) is 2.10. The number of carbonyl (C=O) groups is 2. The Bertz CT molecular complexity index is 378. The SMILES string of the molecule is CCN/C(=N/C(=O)OC(C)(C)C)NC(=O)OC(C)(C)C. The molecule has 0 aliphatic carbocycles. The molecule has 0 spiro atoms. The number of rotatable bonds is 1. The Morgan fingerprint density at radius 2 is 1.50 bits per heavy atom. The van der Waals surface area contributed by atoms with Gasteiger partial charge in [-0.15, -0.1) is 4.99 Å². The van der Waals surface area contributed by atoms with Crippen molar-refractivity contribution in [1.29, 1.82) is 0 Å². The zero-order valence-electron chi connectivity index (χ0n) is 13.3. The third kappa shape index (κ3) is 10.2. The van der Waals surface area contributed by atoms with Crippen molar-refractivity contribution in [3.05, 3.63) is 0 Å². The zero-order chi connectivity index (χ0) is 16.0. The van der Waals surface area contributed by atoms with E-state index in [1.54, 1.807) is 48.5 Å². The Morgan fingerprint density at radius 3 is 1.90 bits per heavy atom. The van der Waals surface area contributed by atoms with E-state index < -0.39 is 23.4 Å². The number of nitrogens with one attached hydrogen (secondary N) is 2. The maximum Gasteiger partial charge on any atom is 0.437 e. The molecule has 0 aliphatic heterocycles. The van der Waals surface area contributed by atoms with Crippen molar-refractivity contribution in [2.24, 2.45) is 4.99 Å². The largest absolute Gasteiger partial charge is 0.444 e. The molecule has 0 aromatic carbocycles. The first-order valence-electron chi connectivity index (χ1n) is 6.48. The molecule has 0 saturated carbocycles. The minimum atomic E-state index is -0.787. The third-order valence-electron chi connectivity index (χ3n) is 1.56. The predicted molar refractivity (Wildman–Crippen MR) is 76.7 cm³/mol. The van der Waals surface area contributed by atoms with E-state index in [1.165, 1.54) is 0 Å². The number of alkyl carbamates (subject to hydrolysis) is 1. The summed E-state index contributed by atoms with van der Waals surface area (Å²) in [4.78, 5) is 26.8. The second kappa shape index (κ2) is 7.12. The van der Waals surface area contributed by atoms with Gasteiger partial charge >= 0.3 is 12.2 Å². The molecular formula is C13H25N3O4. The lowest BCUT2D eigenvalue weighted by Gasteiger charge is -2.20. The molecule has 20 heavy (non-hydrogen) atoms. The highest BCUT2D eigenvalue weighted by Gasteiger charge is 2.19. The van der Waals surface area contributed by atoms with Crippen LogP contribution in [0, 0.1) is 0 Å². The van der Waals surface area contributed by atoms with Crippen LogP contribution in [-0.4, -0.2) is 35.9 Å². The highest BCUT2D eigenvalue weighted by molar-refractivity contribution is 5.98. The molecule has 0 radical (unpaired) electrons. The van der Waals surface area contributed by atoms with E-state index in [4.69, 9.17) is 9.47 Å². The van der Waals surface area contributed by atoms with Gasteiger partial charge in [-0.25, -0.2) is 9.59 Å². The fourth-order valence-corrected chi connectivity index (χ4v) is 1.06. The summed E-state index contributed by atoms with van der Waals surface area (Å²) in [6.45, 7) is 12.7. The van der Waals surface area contributed by atoms with Gasteiger partial charge in [0, 0.05) is 6.54 Å². The van der Waals surface area contributed by atoms with Crippen LogP contribution in [-0.2, 0) is 9.47 Å². The van der Waals surface area contributed by atoms with Crippen LogP contribution in [0.1, 0.15) is 48.5 Å². The number of ether oxygens (including phenoxy) is 2. The van der Waals surface area contributed by atoms with Gasteiger partial charge in [0.25, 0.3) is 0 Å². The lowest BCUT2D eigenvalue weighted by Crippen LogP contribution is -2.44. The summed E-state index contributed by atoms with van der Waals surface area (Å²) in [5.74, 6) is -0.00370. The first-order valence-corrected chi connectivity index (χ1v) is 6.48. The molecule has 0 unspecified atom stereocenters. The van der Waals surface area contributed by atoms with Crippen molar-refractivity contribution in [2.75, 3.05) is 6.54 Å². The Hall–Kier alpha value is -1.79. The van der Waals surface area contributed by atoms with Gasteiger partial charge in [0.15, 0.2) is 0 Å². The number of carbonyl (C=O) groups excluding carboxylic acids is 2. The van der Waals surface area contributed by atoms with E-state index >= 15 is 0 Å². The molecule has 7 heteroatoms. The molecule has 0 aliphatic rings. The Labute approximate surface area is 120 Å². The Morgan fingerprint density at radius 1 is 1.00 bits per heavy atom. The number of amides is 2. The summed E-state index contributed by atoms with van der Waals surface area (Å²) in [5, 5.41) is 5.12. The summed E-state index contributed by atoms with van der Waals surface area (Å²) >= 11 is 0. The fourth-order valence-electron chi connectivity index (χ4n) is 1.06. The number of aliphatic imine (C=N–C) groups is 1. The van der Waals surface area contributed by atoms with E-state index in [-0.39, 0.29) is 5.96 Å². The number of hydrogen-bond donors (Lipinski definition) is 2. The van der Waals surface area contributed by atoms with Crippen LogP contribution in [0.15, 0.2) is 4.99 Å². The lowest BCUT2D eigenvalue weighted by atomic mass is 10.2. The highest BCUT2D eigenvalue weighted by Crippen LogP contribution is 2.08. The maximum absolute atomic E-state index is 11.6. The van der Waals surface area contributed by atoms with E-state index in [0.29, 0.717) is 6.54 Å². The van der Waals surface area contributed by atoms with E-state index in [9.17, 15) is 9.59 Å². The van der Waals surface area contributed by atoms with Gasteiger partial charge in [0.2, 0.25) is 5.96 Å². The van der Waals surface area contributed by atoms with Crippen LogP contribution in [0.3, 0.4) is 0 Å². The minimum Gasteiger partial charge on any atom is -0.444 e. The molecule has 0 bridgehead atoms. The van der Waals surface area contributed by atoms with Gasteiger partial charge in [-0.05, 0) is 48.5 Å². The normalized spacial score (nSPS) is 12.7. The van der Waals surface area contributed by atoms with Gasteiger partial charge in [-0.2, -0.15) is 0 Å². The molecule has 2 amide bonds. The Kier molecular flexibility index (Phi) is 6.48. The average molecular weight is 287 g/mol. The molecule has 116 valence electrons. The van der Waals surface area contributed by atoms with Crippen molar-refractivity contribution in [3.8, 4) is 0 Å². The monoisotopic (exact) mass is 287 g/mol. The van der Waals surface area contributed by atoms with Crippen LogP contribution in [0.4, 0.5) is 9.59 Å². The number of guanidine groups is 1. The van der Waals surface area contributed by atoms with Gasteiger partial charge in [-0.1, -0.05) is 0 Å². The van der Waals surface area contributed by atoms with Gasteiger partial charge in [0.05, 0.1) is 0 Å². The van der Waals surface area contributed by atoms with Crippen molar-refractivity contribution in [2.45, 2.75) is 59.7 Å². The second-order valence-electron chi connectivity index (χ2n) is 6.10. The van der Waals surface area contributed by atoms with Gasteiger partial charge in [0.1, 0.15) is 11.2 Å². The minimum absolute atomic E-state index is 0.00370. The molecule has 0 aromatic rings. The zero-order valence-corrected chi connectivity index (χ0v) is 13.3. The first kappa shape index (κ1) is 18.2. The summed E-state index contributed by atoms with van der Waals surface area (Å²) in [7, 11) is 0. The molecular weight excluding hydrogens is 262 g/mol. The molecule has 0 fully saturated rings. The van der Waals surface area contributed by atoms with Crippen LogP contribution >= 0.6 is 0 Å². The van der Waals surface area contributed by atoms with Crippen molar-refractivity contribution >= 4 is 18.1 Å². The van der Waals surface area contributed by atoms with E-state index in [2.05, 4.69) is 15.6 Å². The topological polar surface area (TPSA) is 89.0 Å². The predicted octanol–water partition coefficient (Wildman–Crippen LogP) is 2.41. The van der Waals surface area contributed by atoms with Crippen molar-refractivity contribution in [1.82, 2.24) is 10.6 Å².